The summed E-state index contributed by atoms with van der Waals surface area (Å²) >= 11 is 0. The van der Waals surface area contributed by atoms with Crippen LogP contribution < -0.4 is 14.8 Å². The fourth-order valence-electron chi connectivity index (χ4n) is 3.37. The third-order valence-electron chi connectivity index (χ3n) is 4.92. The van der Waals surface area contributed by atoms with Crippen molar-refractivity contribution in [2.75, 3.05) is 19.0 Å². The lowest BCUT2D eigenvalue weighted by atomic mass is 10.0. The number of alkyl halides is 3. The van der Waals surface area contributed by atoms with Crippen molar-refractivity contribution < 1.29 is 22.6 Å². The highest BCUT2D eigenvalue weighted by molar-refractivity contribution is 5.72. The second-order valence-electron chi connectivity index (χ2n) is 7.21. The van der Waals surface area contributed by atoms with Crippen molar-refractivity contribution in [1.82, 2.24) is 0 Å². The summed E-state index contributed by atoms with van der Waals surface area (Å²) < 4.78 is 46.4. The molecule has 0 radical (unpaired) electrons. The van der Waals surface area contributed by atoms with Crippen molar-refractivity contribution in [3.05, 3.63) is 78.4 Å². The quantitative estimate of drug-likeness (QED) is 0.349. The Bertz CT molecular complexity index is 941. The number of unbranched alkanes of at least 4 members (excludes halogenated alkanes) is 2. The molecule has 0 bridgehead atoms. The summed E-state index contributed by atoms with van der Waals surface area (Å²) in [5.41, 5.74) is 3.89. The van der Waals surface area contributed by atoms with Crippen LogP contribution >= 0.6 is 0 Å². The second kappa shape index (κ2) is 10.8. The van der Waals surface area contributed by atoms with Gasteiger partial charge >= 0.3 is 6.36 Å². The van der Waals surface area contributed by atoms with Crippen LogP contribution in [0.1, 0.15) is 24.8 Å². The minimum Gasteiger partial charge on any atom is -0.495 e. The van der Waals surface area contributed by atoms with Crippen LogP contribution in [-0.2, 0) is 6.42 Å². The van der Waals surface area contributed by atoms with Crippen molar-refractivity contribution >= 4 is 5.69 Å². The lowest BCUT2D eigenvalue weighted by Gasteiger charge is -2.14. The maximum Gasteiger partial charge on any atom is 0.573 e. The molecule has 3 aromatic rings. The number of hydrogen-bond donors (Lipinski definition) is 1. The van der Waals surface area contributed by atoms with Crippen molar-refractivity contribution in [3.63, 3.8) is 0 Å². The van der Waals surface area contributed by atoms with Gasteiger partial charge in [-0.2, -0.15) is 0 Å². The maximum atomic E-state index is 12.3. The zero-order valence-electron chi connectivity index (χ0n) is 17.4. The smallest absolute Gasteiger partial charge is 0.495 e. The molecule has 0 fully saturated rings. The van der Waals surface area contributed by atoms with Gasteiger partial charge in [-0.25, -0.2) is 0 Å². The molecular formula is C25H26F3NO2. The molecular weight excluding hydrogens is 403 g/mol. The molecule has 0 aromatic heterocycles. The molecule has 0 saturated carbocycles. The number of nitrogens with one attached hydrogen (secondary N) is 1. The standard InChI is InChI=1S/C25H26F3NO2/c1-30-24-16-13-21(20-11-14-22(15-12-20)31-25(26,27)28)18-23(24)29-17-7-3-6-10-19-8-4-2-5-9-19/h2,4-5,8-9,11-16,18,29H,3,6-7,10,17H2,1H3. The highest BCUT2D eigenvalue weighted by Crippen LogP contribution is 2.32. The first-order chi connectivity index (χ1) is 14.9. The van der Waals surface area contributed by atoms with E-state index in [2.05, 4.69) is 34.3 Å². The Morgan fingerprint density at radius 2 is 1.52 bits per heavy atom. The summed E-state index contributed by atoms with van der Waals surface area (Å²) in [6, 6.07) is 22.0. The van der Waals surface area contributed by atoms with Gasteiger partial charge in [0.25, 0.3) is 0 Å². The van der Waals surface area contributed by atoms with Crippen LogP contribution in [0.2, 0.25) is 0 Å². The van der Waals surface area contributed by atoms with E-state index in [1.54, 1.807) is 19.2 Å². The van der Waals surface area contributed by atoms with Gasteiger partial charge in [0.1, 0.15) is 11.5 Å². The summed E-state index contributed by atoms with van der Waals surface area (Å²) in [5.74, 6) is 0.490. The molecule has 3 aromatic carbocycles. The third kappa shape index (κ3) is 7.24. The van der Waals surface area contributed by atoms with E-state index in [0.717, 1.165) is 54.8 Å². The van der Waals surface area contributed by atoms with Crippen molar-refractivity contribution in [1.29, 1.82) is 0 Å². The SMILES string of the molecule is COc1ccc(-c2ccc(OC(F)(F)F)cc2)cc1NCCCCCc1ccccc1. The number of halogens is 3. The number of anilines is 1. The van der Waals surface area contributed by atoms with Crippen LogP contribution in [0.5, 0.6) is 11.5 Å². The van der Waals surface area contributed by atoms with Gasteiger partial charge < -0.3 is 14.8 Å². The van der Waals surface area contributed by atoms with Gasteiger partial charge in [0, 0.05) is 6.54 Å². The van der Waals surface area contributed by atoms with Crippen LogP contribution in [-0.4, -0.2) is 20.0 Å². The maximum absolute atomic E-state index is 12.3. The first kappa shape index (κ1) is 22.5. The zero-order chi connectivity index (χ0) is 22.1. The Balaban J connectivity index is 1.55. The van der Waals surface area contributed by atoms with E-state index in [4.69, 9.17) is 4.74 Å². The molecule has 1 N–H and O–H groups in total. The van der Waals surface area contributed by atoms with Gasteiger partial charge in [-0.05, 0) is 60.2 Å². The average Bonchev–Trinajstić information content (AvgIpc) is 2.76. The molecule has 0 aliphatic rings. The first-order valence-corrected chi connectivity index (χ1v) is 10.3. The second-order valence-corrected chi connectivity index (χ2v) is 7.21. The molecule has 0 aliphatic heterocycles. The predicted octanol–water partition coefficient (Wildman–Crippen LogP) is 7.09. The Labute approximate surface area is 180 Å². The number of hydrogen-bond acceptors (Lipinski definition) is 3. The largest absolute Gasteiger partial charge is 0.573 e. The number of aryl methyl sites for hydroxylation is 1. The normalized spacial score (nSPS) is 11.2. The summed E-state index contributed by atoms with van der Waals surface area (Å²) in [6.07, 6.45) is -0.336. The van der Waals surface area contributed by atoms with Crippen LogP contribution in [0.3, 0.4) is 0 Å². The Hall–Kier alpha value is -3.15. The Morgan fingerprint density at radius 3 is 2.19 bits per heavy atom. The van der Waals surface area contributed by atoms with E-state index >= 15 is 0 Å². The van der Waals surface area contributed by atoms with Crippen LogP contribution in [0.25, 0.3) is 11.1 Å². The van der Waals surface area contributed by atoms with Crippen molar-refractivity contribution in [2.45, 2.75) is 32.0 Å². The Kier molecular flexibility index (Phi) is 7.82. The molecule has 31 heavy (non-hydrogen) atoms. The van der Waals surface area contributed by atoms with Crippen LogP contribution in [0, 0.1) is 0 Å². The van der Waals surface area contributed by atoms with Gasteiger partial charge in [-0.1, -0.05) is 55.0 Å². The molecule has 3 nitrogen and oxygen atoms in total. The van der Waals surface area contributed by atoms with Crippen LogP contribution in [0.4, 0.5) is 18.9 Å². The first-order valence-electron chi connectivity index (χ1n) is 10.3. The van der Waals surface area contributed by atoms with Gasteiger partial charge in [-0.15, -0.1) is 13.2 Å². The third-order valence-corrected chi connectivity index (χ3v) is 4.92. The molecule has 0 spiro atoms. The fourth-order valence-corrected chi connectivity index (χ4v) is 3.37. The van der Waals surface area contributed by atoms with E-state index in [1.807, 2.05) is 24.3 Å². The summed E-state index contributed by atoms with van der Waals surface area (Å²) in [7, 11) is 1.61. The summed E-state index contributed by atoms with van der Waals surface area (Å²) in [6.45, 7) is 0.812. The molecule has 164 valence electrons. The number of ether oxygens (including phenoxy) is 2. The van der Waals surface area contributed by atoms with E-state index in [1.165, 1.54) is 17.7 Å². The van der Waals surface area contributed by atoms with Crippen molar-refractivity contribution in [3.8, 4) is 22.6 Å². The number of rotatable bonds is 10. The average molecular weight is 429 g/mol. The molecule has 3 rings (SSSR count). The molecule has 0 unspecified atom stereocenters. The molecule has 0 aliphatic carbocycles. The minimum atomic E-state index is -4.69. The van der Waals surface area contributed by atoms with Crippen molar-refractivity contribution in [2.24, 2.45) is 0 Å². The van der Waals surface area contributed by atoms with Crippen LogP contribution in [0.15, 0.2) is 72.8 Å². The topological polar surface area (TPSA) is 30.5 Å². The Morgan fingerprint density at radius 1 is 0.806 bits per heavy atom. The predicted molar refractivity (Wildman–Crippen MR) is 118 cm³/mol. The van der Waals surface area contributed by atoms with Gasteiger partial charge in [-0.3, -0.25) is 0 Å². The van der Waals surface area contributed by atoms with Gasteiger partial charge in [0.05, 0.1) is 12.8 Å². The zero-order valence-corrected chi connectivity index (χ0v) is 17.4. The molecule has 0 heterocycles. The fraction of sp³-hybridized carbons (Fsp3) is 0.280. The summed E-state index contributed by atoms with van der Waals surface area (Å²) in [4.78, 5) is 0. The minimum absolute atomic E-state index is 0.237. The molecule has 0 atom stereocenters. The van der Waals surface area contributed by atoms with E-state index < -0.39 is 6.36 Å². The highest BCUT2D eigenvalue weighted by Gasteiger charge is 2.30. The lowest BCUT2D eigenvalue weighted by molar-refractivity contribution is -0.274. The monoisotopic (exact) mass is 429 g/mol. The summed E-state index contributed by atoms with van der Waals surface area (Å²) in [5, 5.41) is 3.42. The molecule has 0 amide bonds. The van der Waals surface area contributed by atoms with E-state index in [9.17, 15) is 13.2 Å². The molecule has 0 saturated heterocycles. The number of methoxy groups -OCH3 is 1. The number of benzene rings is 3. The molecule has 6 heteroatoms. The van der Waals surface area contributed by atoms with Gasteiger partial charge in [0.2, 0.25) is 0 Å². The van der Waals surface area contributed by atoms with E-state index in [0.29, 0.717) is 0 Å². The highest BCUT2D eigenvalue weighted by atomic mass is 19.4. The van der Waals surface area contributed by atoms with E-state index in [-0.39, 0.29) is 5.75 Å². The van der Waals surface area contributed by atoms with Gasteiger partial charge in [0.15, 0.2) is 0 Å². The lowest BCUT2D eigenvalue weighted by Crippen LogP contribution is -2.16.